The molecule has 0 bridgehead atoms. The Morgan fingerprint density at radius 1 is 1.00 bits per heavy atom. The molecule has 0 unspecified atom stereocenters. The highest BCUT2D eigenvalue weighted by Gasteiger charge is 2.22. The van der Waals surface area contributed by atoms with E-state index in [0.717, 1.165) is 44.6 Å². The Morgan fingerprint density at radius 3 is 2.03 bits per heavy atom. The van der Waals surface area contributed by atoms with E-state index in [1.807, 2.05) is 12.1 Å². The molecule has 1 heterocycles. The number of carboxylic acid groups (broad SMARTS) is 2. The molecule has 9 heteroatoms. The molecule has 2 aromatic carbocycles. The highest BCUT2D eigenvalue weighted by Crippen LogP contribution is 2.20. The Balaban J connectivity index is 0.000000501. The third-order valence-electron chi connectivity index (χ3n) is 5.19. The zero-order valence-electron chi connectivity index (χ0n) is 17.4. The maximum absolute atomic E-state index is 10.7. The van der Waals surface area contributed by atoms with Crippen molar-refractivity contribution >= 4 is 17.6 Å². The average Bonchev–Trinajstić information content (AvgIpc) is 2.75. The lowest BCUT2D eigenvalue weighted by Gasteiger charge is -2.36. The van der Waals surface area contributed by atoms with Crippen LogP contribution in [0.1, 0.15) is 24.0 Å². The van der Waals surface area contributed by atoms with E-state index in [1.54, 1.807) is 12.1 Å². The number of nitro groups is 1. The van der Waals surface area contributed by atoms with E-state index in [4.69, 9.17) is 19.8 Å². The molecule has 0 aliphatic carbocycles. The Kier molecular flexibility index (Phi) is 9.11. The molecule has 2 N–H and O–H groups in total. The number of carboxylic acids is 2. The van der Waals surface area contributed by atoms with Gasteiger partial charge in [0.1, 0.15) is 0 Å². The van der Waals surface area contributed by atoms with Gasteiger partial charge < -0.3 is 10.2 Å². The number of rotatable bonds is 6. The van der Waals surface area contributed by atoms with Crippen molar-refractivity contribution in [3.8, 4) is 0 Å². The van der Waals surface area contributed by atoms with Crippen LogP contribution in [-0.2, 0) is 22.7 Å². The lowest BCUT2D eigenvalue weighted by molar-refractivity contribution is -0.384. The van der Waals surface area contributed by atoms with Crippen molar-refractivity contribution in [2.45, 2.75) is 32.0 Å². The second-order valence-corrected chi connectivity index (χ2v) is 7.44. The molecular weight excluding hydrogens is 402 g/mol. The van der Waals surface area contributed by atoms with Crippen molar-refractivity contribution < 1.29 is 24.7 Å². The second kappa shape index (κ2) is 11.8. The van der Waals surface area contributed by atoms with Gasteiger partial charge in [-0.3, -0.25) is 19.9 Å². The largest absolute Gasteiger partial charge is 0.473 e. The molecule has 166 valence electrons. The summed E-state index contributed by atoms with van der Waals surface area (Å²) in [4.78, 5) is 33.5. The molecule has 3 rings (SSSR count). The number of likely N-dealkylation sites (tertiary alicyclic amines) is 1. The molecule has 2 aromatic rings. The quantitative estimate of drug-likeness (QED) is 0.408. The summed E-state index contributed by atoms with van der Waals surface area (Å²) < 4.78 is 0. The van der Waals surface area contributed by atoms with E-state index in [1.165, 1.54) is 5.56 Å². The summed E-state index contributed by atoms with van der Waals surface area (Å²) in [6.07, 6.45) is 2.33. The molecule has 0 saturated carbocycles. The van der Waals surface area contributed by atoms with Gasteiger partial charge in [-0.2, -0.15) is 0 Å². The van der Waals surface area contributed by atoms with Crippen molar-refractivity contribution in [3.05, 3.63) is 75.8 Å². The number of carbonyl (C=O) groups is 2. The monoisotopic (exact) mass is 429 g/mol. The molecule has 0 amide bonds. The Hall–Kier alpha value is -3.30. The molecule has 0 atom stereocenters. The summed E-state index contributed by atoms with van der Waals surface area (Å²) in [6.45, 7) is 4.00. The summed E-state index contributed by atoms with van der Waals surface area (Å²) >= 11 is 0. The number of hydrogen-bond donors (Lipinski definition) is 2. The maximum Gasteiger partial charge on any atom is 0.414 e. The predicted molar refractivity (Wildman–Crippen MR) is 115 cm³/mol. The first-order valence-electron chi connectivity index (χ1n) is 9.92. The minimum atomic E-state index is -1.82. The summed E-state index contributed by atoms with van der Waals surface area (Å²) in [5.41, 5.74) is 2.66. The molecule has 1 fully saturated rings. The minimum Gasteiger partial charge on any atom is -0.473 e. The van der Waals surface area contributed by atoms with Crippen LogP contribution in [0.5, 0.6) is 0 Å². The first kappa shape index (κ1) is 24.0. The van der Waals surface area contributed by atoms with Gasteiger partial charge in [0, 0.05) is 31.3 Å². The van der Waals surface area contributed by atoms with E-state index in [9.17, 15) is 10.1 Å². The molecule has 1 saturated heterocycles. The summed E-state index contributed by atoms with van der Waals surface area (Å²) in [5, 5.41) is 25.5. The van der Waals surface area contributed by atoms with Gasteiger partial charge in [-0.1, -0.05) is 42.5 Å². The molecular formula is C22H27N3O6. The number of nitrogens with zero attached hydrogens (tertiary/aromatic N) is 3. The molecule has 0 radical (unpaired) electrons. The molecule has 0 spiro atoms. The molecule has 1 aliphatic heterocycles. The smallest absolute Gasteiger partial charge is 0.414 e. The van der Waals surface area contributed by atoms with Gasteiger partial charge in [0.15, 0.2) is 0 Å². The zero-order valence-corrected chi connectivity index (χ0v) is 17.4. The van der Waals surface area contributed by atoms with Crippen molar-refractivity contribution in [1.29, 1.82) is 0 Å². The average molecular weight is 429 g/mol. The van der Waals surface area contributed by atoms with Gasteiger partial charge in [-0.05, 0) is 44.1 Å². The third kappa shape index (κ3) is 8.15. The molecule has 1 aliphatic rings. The van der Waals surface area contributed by atoms with Crippen molar-refractivity contribution in [2.24, 2.45) is 0 Å². The number of piperidine rings is 1. The number of nitro benzene ring substituents is 1. The maximum atomic E-state index is 10.7. The Labute approximate surface area is 180 Å². The second-order valence-electron chi connectivity index (χ2n) is 7.44. The highest BCUT2D eigenvalue weighted by molar-refractivity contribution is 6.27. The SMILES string of the molecule is CN(Cc1ccccc1)C1CCN(Cc2ccc([N+](=O)[O-])cc2)CC1.O=C(O)C(=O)O. The van der Waals surface area contributed by atoms with Crippen LogP contribution in [-0.4, -0.2) is 63.1 Å². The molecule has 9 nitrogen and oxygen atoms in total. The van der Waals surface area contributed by atoms with Crippen molar-refractivity contribution in [3.63, 3.8) is 0 Å². The summed E-state index contributed by atoms with van der Waals surface area (Å²) in [5.74, 6) is -3.65. The van der Waals surface area contributed by atoms with Crippen LogP contribution < -0.4 is 0 Å². The van der Waals surface area contributed by atoms with Gasteiger partial charge in [-0.25, -0.2) is 9.59 Å². The van der Waals surface area contributed by atoms with E-state index >= 15 is 0 Å². The van der Waals surface area contributed by atoms with Crippen LogP contribution >= 0.6 is 0 Å². The van der Waals surface area contributed by atoms with Crippen LogP contribution in [0.25, 0.3) is 0 Å². The van der Waals surface area contributed by atoms with Gasteiger partial charge in [-0.15, -0.1) is 0 Å². The lowest BCUT2D eigenvalue weighted by atomic mass is 10.0. The lowest BCUT2D eigenvalue weighted by Crippen LogP contribution is -2.42. The first-order valence-corrected chi connectivity index (χ1v) is 9.92. The minimum absolute atomic E-state index is 0.157. The van der Waals surface area contributed by atoms with Gasteiger partial charge in [0.2, 0.25) is 0 Å². The van der Waals surface area contributed by atoms with Crippen LogP contribution in [0.4, 0.5) is 5.69 Å². The third-order valence-corrected chi connectivity index (χ3v) is 5.19. The molecule has 31 heavy (non-hydrogen) atoms. The molecule has 0 aromatic heterocycles. The Bertz CT molecular complexity index is 853. The van der Waals surface area contributed by atoms with Crippen LogP contribution in [0.3, 0.4) is 0 Å². The van der Waals surface area contributed by atoms with Gasteiger partial charge in [0.25, 0.3) is 5.69 Å². The summed E-state index contributed by atoms with van der Waals surface area (Å²) in [7, 11) is 2.21. The van der Waals surface area contributed by atoms with E-state index < -0.39 is 11.9 Å². The fourth-order valence-electron chi connectivity index (χ4n) is 3.50. The zero-order chi connectivity index (χ0) is 22.8. The Morgan fingerprint density at radius 2 is 1.55 bits per heavy atom. The van der Waals surface area contributed by atoms with Gasteiger partial charge in [0.05, 0.1) is 4.92 Å². The number of non-ortho nitro benzene ring substituents is 1. The number of benzene rings is 2. The van der Waals surface area contributed by atoms with E-state index in [-0.39, 0.29) is 10.6 Å². The van der Waals surface area contributed by atoms with E-state index in [0.29, 0.717) is 6.04 Å². The standard InChI is InChI=1S/C20H25N3O2.C2H2O4/c1-21(15-17-5-3-2-4-6-17)19-11-13-22(14-12-19)16-18-7-9-20(10-8-18)23(24)25;3-1(4)2(5)6/h2-10,19H,11-16H2,1H3;(H,3,4)(H,5,6). The number of aliphatic carboxylic acids is 2. The van der Waals surface area contributed by atoms with Crippen LogP contribution in [0, 0.1) is 10.1 Å². The predicted octanol–water partition coefficient (Wildman–Crippen LogP) is 2.85. The van der Waals surface area contributed by atoms with Gasteiger partial charge >= 0.3 is 11.9 Å². The van der Waals surface area contributed by atoms with Crippen LogP contribution in [0.2, 0.25) is 0 Å². The fourth-order valence-corrected chi connectivity index (χ4v) is 3.50. The number of hydrogen-bond acceptors (Lipinski definition) is 6. The highest BCUT2D eigenvalue weighted by atomic mass is 16.6. The fraction of sp³-hybridized carbons (Fsp3) is 0.364. The van der Waals surface area contributed by atoms with Crippen molar-refractivity contribution in [1.82, 2.24) is 9.80 Å². The first-order chi connectivity index (χ1) is 14.8. The topological polar surface area (TPSA) is 124 Å². The summed E-state index contributed by atoms with van der Waals surface area (Å²) in [6, 6.07) is 18.1. The van der Waals surface area contributed by atoms with Crippen LogP contribution in [0.15, 0.2) is 54.6 Å². The normalized spacial score (nSPS) is 14.5. The van der Waals surface area contributed by atoms with E-state index in [2.05, 4.69) is 47.2 Å². The van der Waals surface area contributed by atoms with Crippen molar-refractivity contribution in [2.75, 3.05) is 20.1 Å².